The molecule has 0 fully saturated rings. The van der Waals surface area contributed by atoms with Gasteiger partial charge in [-0.2, -0.15) is 0 Å². The summed E-state index contributed by atoms with van der Waals surface area (Å²) in [5, 5.41) is 0.954. The van der Waals surface area contributed by atoms with Crippen molar-refractivity contribution in [3.8, 4) is 0 Å². The summed E-state index contributed by atoms with van der Waals surface area (Å²) < 4.78 is 0. The molecule has 13 heavy (non-hydrogen) atoms. The van der Waals surface area contributed by atoms with Crippen LogP contribution in [0.25, 0.3) is 0 Å². The molecular formula is C12H15Cl. The number of benzene rings is 1. The van der Waals surface area contributed by atoms with Crippen LogP contribution in [-0.4, -0.2) is 0 Å². The Kier molecular flexibility index (Phi) is 2.33. The summed E-state index contributed by atoms with van der Waals surface area (Å²) in [5.41, 5.74) is 4.44. The lowest BCUT2D eigenvalue weighted by Crippen LogP contribution is -1.96. The predicted octanol–water partition coefficient (Wildman–Crippen LogP) is 3.95. The Hall–Kier alpha value is -0.490. The van der Waals surface area contributed by atoms with Crippen molar-refractivity contribution in [2.24, 2.45) is 0 Å². The molecule has 0 saturated heterocycles. The largest absolute Gasteiger partial charge is 0.0840 e. The van der Waals surface area contributed by atoms with Gasteiger partial charge in [-0.1, -0.05) is 31.5 Å². The second kappa shape index (κ2) is 3.34. The first kappa shape index (κ1) is 9.08. The third-order valence-electron chi connectivity index (χ3n) is 2.85. The Balaban J connectivity index is 2.58. The molecule has 0 heterocycles. The molecule has 0 spiro atoms. The molecule has 1 aromatic carbocycles. The van der Waals surface area contributed by atoms with Gasteiger partial charge in [0.25, 0.3) is 0 Å². The number of rotatable bonds is 1. The topological polar surface area (TPSA) is 0 Å². The zero-order chi connectivity index (χ0) is 9.42. The first-order valence-corrected chi connectivity index (χ1v) is 5.38. The molecule has 0 saturated carbocycles. The van der Waals surface area contributed by atoms with E-state index in [1.54, 1.807) is 0 Å². The molecule has 1 aromatic rings. The van der Waals surface area contributed by atoms with Crippen LogP contribution in [-0.2, 0) is 12.8 Å². The highest BCUT2D eigenvalue weighted by Gasteiger charge is 2.18. The van der Waals surface area contributed by atoms with Crippen molar-refractivity contribution in [2.75, 3.05) is 0 Å². The average molecular weight is 195 g/mol. The van der Waals surface area contributed by atoms with Crippen molar-refractivity contribution < 1.29 is 0 Å². The standard InChI is InChI=1S/C12H15Cl/c1-8(2)12-10-5-3-4-9(10)6-7-11(12)13/h6-8H,3-5H2,1-2H3. The smallest absolute Gasteiger partial charge is 0.0443 e. The third-order valence-corrected chi connectivity index (χ3v) is 3.18. The average Bonchev–Trinajstić information content (AvgIpc) is 2.50. The van der Waals surface area contributed by atoms with E-state index >= 15 is 0 Å². The van der Waals surface area contributed by atoms with E-state index in [4.69, 9.17) is 11.6 Å². The Morgan fingerprint density at radius 3 is 2.69 bits per heavy atom. The maximum atomic E-state index is 6.20. The van der Waals surface area contributed by atoms with Gasteiger partial charge in [0.2, 0.25) is 0 Å². The van der Waals surface area contributed by atoms with Gasteiger partial charge in [-0.25, -0.2) is 0 Å². The molecule has 2 rings (SSSR count). The van der Waals surface area contributed by atoms with Crippen molar-refractivity contribution in [3.05, 3.63) is 33.8 Å². The number of hydrogen-bond donors (Lipinski definition) is 0. The molecule has 70 valence electrons. The van der Waals surface area contributed by atoms with Gasteiger partial charge < -0.3 is 0 Å². The minimum absolute atomic E-state index is 0.556. The van der Waals surface area contributed by atoms with Crippen LogP contribution in [0.15, 0.2) is 12.1 Å². The predicted molar refractivity (Wildman–Crippen MR) is 57.6 cm³/mol. The SMILES string of the molecule is CC(C)c1c(Cl)ccc2c1CCC2. The molecule has 0 aromatic heterocycles. The van der Waals surface area contributed by atoms with Crippen molar-refractivity contribution in [1.29, 1.82) is 0 Å². The van der Waals surface area contributed by atoms with Crippen molar-refractivity contribution in [3.63, 3.8) is 0 Å². The third kappa shape index (κ3) is 1.48. The molecule has 0 N–H and O–H groups in total. The summed E-state index contributed by atoms with van der Waals surface area (Å²) in [4.78, 5) is 0. The summed E-state index contributed by atoms with van der Waals surface area (Å²) in [6.07, 6.45) is 3.77. The zero-order valence-corrected chi connectivity index (χ0v) is 8.99. The molecule has 0 nitrogen and oxygen atoms in total. The minimum atomic E-state index is 0.556. The van der Waals surface area contributed by atoms with E-state index in [0.717, 1.165) is 5.02 Å². The highest BCUT2D eigenvalue weighted by molar-refractivity contribution is 6.31. The Morgan fingerprint density at radius 2 is 2.00 bits per heavy atom. The van der Waals surface area contributed by atoms with Gasteiger partial charge in [0, 0.05) is 5.02 Å². The van der Waals surface area contributed by atoms with E-state index < -0.39 is 0 Å². The quantitative estimate of drug-likeness (QED) is 0.635. The van der Waals surface area contributed by atoms with Crippen molar-refractivity contribution in [2.45, 2.75) is 39.0 Å². The second-order valence-corrected chi connectivity index (χ2v) is 4.51. The van der Waals surface area contributed by atoms with E-state index in [1.807, 2.05) is 0 Å². The number of aryl methyl sites for hydroxylation is 1. The molecular weight excluding hydrogens is 180 g/mol. The molecule has 0 amide bonds. The van der Waals surface area contributed by atoms with Crippen molar-refractivity contribution in [1.82, 2.24) is 0 Å². The van der Waals surface area contributed by atoms with E-state index in [0.29, 0.717) is 5.92 Å². The van der Waals surface area contributed by atoms with Crippen LogP contribution in [0.1, 0.15) is 42.9 Å². The molecule has 1 aliphatic carbocycles. The van der Waals surface area contributed by atoms with Crippen LogP contribution in [0.4, 0.5) is 0 Å². The maximum absolute atomic E-state index is 6.20. The Bertz CT molecular complexity index is 326. The lowest BCUT2D eigenvalue weighted by Gasteiger charge is -2.13. The summed E-state index contributed by atoms with van der Waals surface area (Å²) in [6.45, 7) is 4.44. The Morgan fingerprint density at radius 1 is 1.23 bits per heavy atom. The lowest BCUT2D eigenvalue weighted by molar-refractivity contribution is 0.839. The summed E-state index contributed by atoms with van der Waals surface area (Å²) in [6, 6.07) is 4.25. The first-order chi connectivity index (χ1) is 6.20. The molecule has 1 aliphatic rings. The van der Waals surface area contributed by atoms with Crippen LogP contribution in [0.3, 0.4) is 0 Å². The fourth-order valence-electron chi connectivity index (χ4n) is 2.29. The van der Waals surface area contributed by atoms with E-state index in [-0.39, 0.29) is 0 Å². The van der Waals surface area contributed by atoms with E-state index in [9.17, 15) is 0 Å². The highest BCUT2D eigenvalue weighted by Crippen LogP contribution is 2.34. The fourth-order valence-corrected chi connectivity index (χ4v) is 2.69. The van der Waals surface area contributed by atoms with Crippen LogP contribution in [0, 0.1) is 0 Å². The van der Waals surface area contributed by atoms with Crippen LogP contribution >= 0.6 is 11.6 Å². The molecule has 1 heteroatoms. The normalized spacial score (nSPS) is 15.1. The van der Waals surface area contributed by atoms with Crippen molar-refractivity contribution >= 4 is 11.6 Å². The fraction of sp³-hybridized carbons (Fsp3) is 0.500. The molecule has 0 atom stereocenters. The van der Waals surface area contributed by atoms with Crippen LogP contribution in [0.5, 0.6) is 0 Å². The number of halogens is 1. The second-order valence-electron chi connectivity index (χ2n) is 4.11. The van der Waals surface area contributed by atoms with Crippen LogP contribution in [0.2, 0.25) is 5.02 Å². The van der Waals surface area contributed by atoms with Gasteiger partial charge in [-0.15, -0.1) is 0 Å². The van der Waals surface area contributed by atoms with Gasteiger partial charge in [-0.3, -0.25) is 0 Å². The lowest BCUT2D eigenvalue weighted by atomic mass is 9.95. The van der Waals surface area contributed by atoms with E-state index in [1.165, 1.54) is 36.0 Å². The zero-order valence-electron chi connectivity index (χ0n) is 8.23. The van der Waals surface area contributed by atoms with Gasteiger partial charge in [-0.05, 0) is 47.9 Å². The maximum Gasteiger partial charge on any atom is 0.0443 e. The number of fused-ring (bicyclic) bond motifs is 1. The number of hydrogen-bond acceptors (Lipinski definition) is 0. The van der Waals surface area contributed by atoms with Gasteiger partial charge in [0.15, 0.2) is 0 Å². The first-order valence-electron chi connectivity index (χ1n) is 5.00. The summed E-state index contributed by atoms with van der Waals surface area (Å²) in [7, 11) is 0. The van der Waals surface area contributed by atoms with Crippen LogP contribution < -0.4 is 0 Å². The monoisotopic (exact) mass is 194 g/mol. The minimum Gasteiger partial charge on any atom is -0.0840 e. The Labute approximate surface area is 84.9 Å². The molecule has 0 radical (unpaired) electrons. The van der Waals surface area contributed by atoms with Gasteiger partial charge in [0.1, 0.15) is 0 Å². The molecule has 0 bridgehead atoms. The van der Waals surface area contributed by atoms with Gasteiger partial charge in [0.05, 0.1) is 0 Å². The van der Waals surface area contributed by atoms with Gasteiger partial charge >= 0.3 is 0 Å². The summed E-state index contributed by atoms with van der Waals surface area (Å²) in [5.74, 6) is 0.556. The summed E-state index contributed by atoms with van der Waals surface area (Å²) >= 11 is 6.20. The van der Waals surface area contributed by atoms with E-state index in [2.05, 4.69) is 26.0 Å². The molecule has 0 unspecified atom stereocenters. The molecule has 0 aliphatic heterocycles. The highest BCUT2D eigenvalue weighted by atomic mass is 35.5.